The van der Waals surface area contributed by atoms with E-state index in [1.807, 2.05) is 19.2 Å². The summed E-state index contributed by atoms with van der Waals surface area (Å²) in [5.74, 6) is -2.16. The topological polar surface area (TPSA) is 33.5 Å². The van der Waals surface area contributed by atoms with Crippen LogP contribution in [0.2, 0.25) is 0 Å². The third kappa shape index (κ3) is 4.39. The van der Waals surface area contributed by atoms with Crippen LogP contribution in [0.5, 0.6) is 0 Å². The average molecular weight is 341 g/mol. The number of fused-ring (bicyclic) bond motifs is 1. The Labute approximate surface area is 144 Å². The maximum atomic E-state index is 13.2. The fourth-order valence-electron chi connectivity index (χ4n) is 2.81. The molecule has 1 amide bonds. The molecule has 0 aliphatic rings. The van der Waals surface area contributed by atoms with Gasteiger partial charge in [-0.05, 0) is 29.0 Å². The van der Waals surface area contributed by atoms with Gasteiger partial charge in [0.25, 0.3) is 5.91 Å². The molecular formula is C20H19F2N2O+. The second-order valence-electron chi connectivity index (χ2n) is 6.17. The number of nitrogens with one attached hydrogen (secondary N) is 2. The summed E-state index contributed by atoms with van der Waals surface area (Å²) in [6, 6.07) is 17.7. The summed E-state index contributed by atoms with van der Waals surface area (Å²) in [5.41, 5.74) is 1.39. The van der Waals surface area contributed by atoms with E-state index in [-0.39, 0.29) is 18.1 Å². The SMILES string of the molecule is C[NH+](CC(=O)Nc1ccc(F)c(F)c1)Cc1ccc2ccccc2c1. The fraction of sp³-hybridized carbons (Fsp3) is 0.150. The highest BCUT2D eigenvalue weighted by atomic mass is 19.2. The number of carbonyl (C=O) groups is 1. The fourth-order valence-corrected chi connectivity index (χ4v) is 2.81. The molecule has 0 saturated carbocycles. The molecule has 3 nitrogen and oxygen atoms in total. The molecule has 1 atom stereocenters. The van der Waals surface area contributed by atoms with E-state index in [0.717, 1.165) is 22.6 Å². The molecular weight excluding hydrogens is 322 g/mol. The molecule has 0 aliphatic heterocycles. The summed E-state index contributed by atoms with van der Waals surface area (Å²) < 4.78 is 26.1. The molecule has 0 spiro atoms. The zero-order valence-corrected chi connectivity index (χ0v) is 13.9. The van der Waals surface area contributed by atoms with Gasteiger partial charge in [0, 0.05) is 17.3 Å². The minimum atomic E-state index is -0.977. The lowest BCUT2D eigenvalue weighted by Gasteiger charge is -2.14. The van der Waals surface area contributed by atoms with Gasteiger partial charge in [0.2, 0.25) is 0 Å². The molecule has 3 rings (SSSR count). The minimum absolute atomic E-state index is 0.228. The monoisotopic (exact) mass is 341 g/mol. The van der Waals surface area contributed by atoms with E-state index in [2.05, 4.69) is 35.6 Å². The van der Waals surface area contributed by atoms with Crippen LogP contribution in [0.4, 0.5) is 14.5 Å². The van der Waals surface area contributed by atoms with Gasteiger partial charge in [0.15, 0.2) is 18.2 Å². The molecule has 128 valence electrons. The highest BCUT2D eigenvalue weighted by Gasteiger charge is 2.12. The zero-order valence-electron chi connectivity index (χ0n) is 13.9. The summed E-state index contributed by atoms with van der Waals surface area (Å²) >= 11 is 0. The summed E-state index contributed by atoms with van der Waals surface area (Å²) in [5, 5.41) is 4.94. The first-order valence-corrected chi connectivity index (χ1v) is 8.05. The third-order valence-corrected chi connectivity index (χ3v) is 3.99. The van der Waals surface area contributed by atoms with Crippen molar-refractivity contribution < 1.29 is 18.5 Å². The Morgan fingerprint density at radius 1 is 0.960 bits per heavy atom. The second-order valence-corrected chi connectivity index (χ2v) is 6.17. The van der Waals surface area contributed by atoms with Crippen molar-refractivity contribution in [1.82, 2.24) is 0 Å². The van der Waals surface area contributed by atoms with Crippen LogP contribution in [-0.2, 0) is 11.3 Å². The number of likely N-dealkylation sites (N-methyl/N-ethyl adjacent to an activating group) is 1. The molecule has 0 heterocycles. The van der Waals surface area contributed by atoms with E-state index in [1.165, 1.54) is 16.8 Å². The predicted molar refractivity (Wildman–Crippen MR) is 94.4 cm³/mol. The van der Waals surface area contributed by atoms with Crippen molar-refractivity contribution in [1.29, 1.82) is 0 Å². The Balaban J connectivity index is 1.59. The molecule has 5 heteroatoms. The molecule has 1 unspecified atom stereocenters. The van der Waals surface area contributed by atoms with Crippen molar-refractivity contribution in [3.05, 3.63) is 77.9 Å². The number of rotatable bonds is 5. The largest absolute Gasteiger partial charge is 0.326 e. The Morgan fingerprint density at radius 2 is 1.72 bits per heavy atom. The van der Waals surface area contributed by atoms with Crippen LogP contribution in [-0.4, -0.2) is 19.5 Å². The third-order valence-electron chi connectivity index (χ3n) is 3.99. The van der Waals surface area contributed by atoms with Crippen molar-refractivity contribution in [2.24, 2.45) is 0 Å². The minimum Gasteiger partial charge on any atom is -0.326 e. The molecule has 2 N–H and O–H groups in total. The predicted octanol–water partition coefficient (Wildman–Crippen LogP) is 2.77. The van der Waals surface area contributed by atoms with Gasteiger partial charge in [-0.15, -0.1) is 0 Å². The van der Waals surface area contributed by atoms with Crippen LogP contribution >= 0.6 is 0 Å². The number of halogens is 2. The Kier molecular flexibility index (Phi) is 5.05. The van der Waals surface area contributed by atoms with E-state index in [4.69, 9.17) is 0 Å². The molecule has 0 radical (unpaired) electrons. The summed E-state index contributed by atoms with van der Waals surface area (Å²) in [6.07, 6.45) is 0. The quantitative estimate of drug-likeness (QED) is 0.735. The van der Waals surface area contributed by atoms with E-state index in [0.29, 0.717) is 6.54 Å². The maximum Gasteiger partial charge on any atom is 0.279 e. The number of anilines is 1. The zero-order chi connectivity index (χ0) is 17.8. The second kappa shape index (κ2) is 7.40. The van der Waals surface area contributed by atoms with Gasteiger partial charge in [0.1, 0.15) is 6.54 Å². The first-order valence-electron chi connectivity index (χ1n) is 8.05. The van der Waals surface area contributed by atoms with Gasteiger partial charge in [-0.3, -0.25) is 4.79 Å². The highest BCUT2D eigenvalue weighted by molar-refractivity contribution is 5.91. The number of hydrogen-bond donors (Lipinski definition) is 2. The number of benzene rings is 3. The van der Waals surface area contributed by atoms with E-state index >= 15 is 0 Å². The van der Waals surface area contributed by atoms with Crippen molar-refractivity contribution in [2.75, 3.05) is 18.9 Å². The van der Waals surface area contributed by atoms with E-state index in [1.54, 1.807) is 0 Å². The van der Waals surface area contributed by atoms with Crippen molar-refractivity contribution in [3.63, 3.8) is 0 Å². The number of quaternary nitrogens is 1. The van der Waals surface area contributed by atoms with Gasteiger partial charge < -0.3 is 10.2 Å². The van der Waals surface area contributed by atoms with Crippen LogP contribution in [0, 0.1) is 11.6 Å². The van der Waals surface area contributed by atoms with Crippen LogP contribution in [0.15, 0.2) is 60.7 Å². The Morgan fingerprint density at radius 3 is 2.48 bits per heavy atom. The molecule has 3 aromatic rings. The lowest BCUT2D eigenvalue weighted by Crippen LogP contribution is -3.08. The van der Waals surface area contributed by atoms with Crippen molar-refractivity contribution in [3.8, 4) is 0 Å². The van der Waals surface area contributed by atoms with E-state index < -0.39 is 11.6 Å². The average Bonchev–Trinajstić information content (AvgIpc) is 2.58. The smallest absolute Gasteiger partial charge is 0.279 e. The normalized spacial score (nSPS) is 12.1. The molecule has 0 aliphatic carbocycles. The molecule has 0 saturated heterocycles. The van der Waals surface area contributed by atoms with E-state index in [9.17, 15) is 13.6 Å². The van der Waals surface area contributed by atoms with Crippen molar-refractivity contribution in [2.45, 2.75) is 6.54 Å². The number of hydrogen-bond acceptors (Lipinski definition) is 1. The highest BCUT2D eigenvalue weighted by Crippen LogP contribution is 2.15. The summed E-state index contributed by atoms with van der Waals surface area (Å²) in [6.45, 7) is 0.919. The molecule has 0 aromatic heterocycles. The molecule has 25 heavy (non-hydrogen) atoms. The first kappa shape index (κ1) is 17.0. The van der Waals surface area contributed by atoms with Crippen LogP contribution in [0.3, 0.4) is 0 Å². The van der Waals surface area contributed by atoms with Gasteiger partial charge in [-0.25, -0.2) is 8.78 Å². The summed E-state index contributed by atoms with van der Waals surface area (Å²) in [7, 11) is 1.92. The number of carbonyl (C=O) groups excluding carboxylic acids is 1. The van der Waals surface area contributed by atoms with Crippen LogP contribution < -0.4 is 10.2 Å². The van der Waals surface area contributed by atoms with Crippen LogP contribution in [0.1, 0.15) is 5.56 Å². The maximum absolute atomic E-state index is 13.2. The van der Waals surface area contributed by atoms with Crippen LogP contribution in [0.25, 0.3) is 10.8 Å². The van der Waals surface area contributed by atoms with Gasteiger partial charge >= 0.3 is 0 Å². The van der Waals surface area contributed by atoms with Crippen molar-refractivity contribution >= 4 is 22.4 Å². The number of amides is 1. The lowest BCUT2D eigenvalue weighted by atomic mass is 10.1. The summed E-state index contributed by atoms with van der Waals surface area (Å²) in [4.78, 5) is 13.1. The molecule has 0 bridgehead atoms. The first-order chi connectivity index (χ1) is 12.0. The Hall–Kier alpha value is -2.79. The molecule has 0 fully saturated rings. The standard InChI is InChI=1S/C20H18F2N2O/c1-24(12-14-6-7-15-4-2-3-5-16(15)10-14)13-20(25)23-17-8-9-18(21)19(22)11-17/h2-11H,12-13H2,1H3,(H,23,25)/p+1. The van der Waals surface area contributed by atoms with Gasteiger partial charge in [-0.1, -0.05) is 36.4 Å². The Bertz CT molecular complexity index is 911. The van der Waals surface area contributed by atoms with Gasteiger partial charge in [-0.2, -0.15) is 0 Å². The molecule has 3 aromatic carbocycles. The lowest BCUT2D eigenvalue weighted by molar-refractivity contribution is -0.885. The van der Waals surface area contributed by atoms with Gasteiger partial charge in [0.05, 0.1) is 7.05 Å².